The van der Waals surface area contributed by atoms with Gasteiger partial charge in [0.15, 0.2) is 0 Å². The number of nitrogens with zero attached hydrogens (tertiary/aromatic N) is 5. The van der Waals surface area contributed by atoms with Gasteiger partial charge >= 0.3 is 0 Å². The van der Waals surface area contributed by atoms with Crippen LogP contribution in [0.4, 0.5) is 0 Å². The predicted octanol–water partition coefficient (Wildman–Crippen LogP) is 3.21. The number of aromatic hydroxyl groups is 1. The fourth-order valence-corrected chi connectivity index (χ4v) is 4.39. The molecule has 148 valence electrons. The van der Waals surface area contributed by atoms with Gasteiger partial charge in [-0.3, -0.25) is 4.90 Å². The molecule has 3 aromatic rings. The van der Waals surface area contributed by atoms with Crippen LogP contribution >= 0.6 is 0 Å². The molecule has 2 bridgehead atoms. The minimum absolute atomic E-state index is 0.137. The standard InChI is InChI=1S/C22H23N5O2/c1-14-9-16-10-17(12-20(14)26(16)2)29-22-6-5-19(24-25-22)18-4-3-15(11-21(18)28)27-8-7-23-13-27/h3-9,11,13,16-17,20,28H,10,12H2,1-2H3/t16-,17-,20-/m0/s1. The van der Waals surface area contributed by atoms with Gasteiger partial charge in [0.25, 0.3) is 0 Å². The van der Waals surface area contributed by atoms with E-state index in [-0.39, 0.29) is 11.9 Å². The third-order valence-electron chi connectivity index (χ3n) is 5.97. The van der Waals surface area contributed by atoms with E-state index in [4.69, 9.17) is 4.74 Å². The minimum atomic E-state index is 0.137. The highest BCUT2D eigenvalue weighted by Gasteiger charge is 2.38. The maximum atomic E-state index is 10.4. The predicted molar refractivity (Wildman–Crippen MR) is 109 cm³/mol. The second kappa shape index (κ2) is 7.00. The van der Waals surface area contributed by atoms with Gasteiger partial charge in [-0.05, 0) is 32.2 Å². The van der Waals surface area contributed by atoms with E-state index < -0.39 is 0 Å². The maximum Gasteiger partial charge on any atom is 0.233 e. The molecule has 29 heavy (non-hydrogen) atoms. The third-order valence-corrected chi connectivity index (χ3v) is 5.97. The molecule has 1 N–H and O–H groups in total. The molecule has 1 aromatic carbocycles. The Kier molecular flexibility index (Phi) is 4.32. The number of hydrogen-bond acceptors (Lipinski definition) is 6. The molecule has 0 saturated carbocycles. The maximum absolute atomic E-state index is 10.4. The smallest absolute Gasteiger partial charge is 0.233 e. The van der Waals surface area contributed by atoms with Gasteiger partial charge in [0, 0.05) is 55.0 Å². The van der Waals surface area contributed by atoms with Crippen LogP contribution in [0.3, 0.4) is 0 Å². The van der Waals surface area contributed by atoms with Gasteiger partial charge in [-0.1, -0.05) is 11.6 Å². The molecule has 1 saturated heterocycles. The zero-order valence-electron chi connectivity index (χ0n) is 16.4. The van der Waals surface area contributed by atoms with Crippen LogP contribution in [0.5, 0.6) is 11.6 Å². The summed E-state index contributed by atoms with van der Waals surface area (Å²) in [5.74, 6) is 0.669. The summed E-state index contributed by atoms with van der Waals surface area (Å²) in [6.45, 7) is 2.20. The quantitative estimate of drug-likeness (QED) is 0.691. The van der Waals surface area contributed by atoms with Crippen molar-refractivity contribution in [1.29, 1.82) is 0 Å². The van der Waals surface area contributed by atoms with Crippen molar-refractivity contribution in [2.45, 2.75) is 38.0 Å². The number of imidazole rings is 1. The molecule has 0 spiro atoms. The van der Waals surface area contributed by atoms with Crippen LogP contribution in [0.25, 0.3) is 16.9 Å². The molecular weight excluding hydrogens is 366 g/mol. The number of aromatic nitrogens is 4. The summed E-state index contributed by atoms with van der Waals surface area (Å²) < 4.78 is 7.95. The summed E-state index contributed by atoms with van der Waals surface area (Å²) >= 11 is 0. The Hall–Kier alpha value is -3.19. The summed E-state index contributed by atoms with van der Waals surface area (Å²) in [7, 11) is 2.18. The number of phenols is 1. The van der Waals surface area contributed by atoms with Crippen LogP contribution < -0.4 is 4.74 Å². The molecule has 7 heteroatoms. The zero-order chi connectivity index (χ0) is 20.0. The molecule has 0 unspecified atom stereocenters. The first-order valence-corrected chi connectivity index (χ1v) is 9.81. The molecule has 4 heterocycles. The van der Waals surface area contributed by atoms with E-state index in [1.807, 2.05) is 35.0 Å². The lowest BCUT2D eigenvalue weighted by Gasteiger charge is -2.36. The minimum Gasteiger partial charge on any atom is -0.507 e. The highest BCUT2D eigenvalue weighted by molar-refractivity contribution is 5.68. The van der Waals surface area contributed by atoms with Crippen LogP contribution in [-0.2, 0) is 0 Å². The van der Waals surface area contributed by atoms with Crippen molar-refractivity contribution in [2.75, 3.05) is 7.05 Å². The van der Waals surface area contributed by atoms with Gasteiger partial charge in [-0.2, -0.15) is 0 Å². The molecule has 2 aliphatic heterocycles. The molecule has 7 nitrogen and oxygen atoms in total. The van der Waals surface area contributed by atoms with Crippen LogP contribution in [0.1, 0.15) is 19.8 Å². The normalized spacial score (nSPS) is 23.8. The monoisotopic (exact) mass is 389 g/mol. The molecular formula is C22H23N5O2. The molecule has 0 aliphatic carbocycles. The summed E-state index contributed by atoms with van der Waals surface area (Å²) in [6.07, 6.45) is 9.62. The number of rotatable bonds is 4. The lowest BCUT2D eigenvalue weighted by Crippen LogP contribution is -2.45. The molecule has 5 rings (SSSR count). The average Bonchev–Trinajstić information content (AvgIpc) is 3.29. The van der Waals surface area contributed by atoms with Crippen molar-refractivity contribution >= 4 is 0 Å². The van der Waals surface area contributed by atoms with Crippen molar-refractivity contribution in [1.82, 2.24) is 24.6 Å². The lowest BCUT2D eigenvalue weighted by molar-refractivity contribution is 0.0690. The van der Waals surface area contributed by atoms with E-state index in [9.17, 15) is 5.11 Å². The van der Waals surface area contributed by atoms with Crippen molar-refractivity contribution < 1.29 is 9.84 Å². The number of benzene rings is 1. The van der Waals surface area contributed by atoms with Crippen molar-refractivity contribution in [3.63, 3.8) is 0 Å². The number of likely N-dealkylation sites (N-methyl/N-ethyl adjacent to an activating group) is 1. The third kappa shape index (κ3) is 3.27. The number of piperidine rings is 1. The van der Waals surface area contributed by atoms with Crippen molar-refractivity contribution in [3.05, 3.63) is 60.7 Å². The Morgan fingerprint density at radius 3 is 2.72 bits per heavy atom. The van der Waals surface area contributed by atoms with Crippen LogP contribution in [0.15, 0.2) is 60.7 Å². The van der Waals surface area contributed by atoms with Gasteiger partial charge in [0.05, 0.1) is 17.7 Å². The molecule has 2 aromatic heterocycles. The van der Waals surface area contributed by atoms with Gasteiger partial charge in [0.2, 0.25) is 5.88 Å². The lowest BCUT2D eigenvalue weighted by atomic mass is 9.98. The van der Waals surface area contributed by atoms with Crippen LogP contribution in [0, 0.1) is 0 Å². The summed E-state index contributed by atoms with van der Waals surface area (Å²) in [6, 6.07) is 9.99. The second-order valence-electron chi connectivity index (χ2n) is 7.80. The van der Waals surface area contributed by atoms with Gasteiger partial charge in [-0.25, -0.2) is 4.98 Å². The Labute approximate surface area is 169 Å². The molecule has 0 radical (unpaired) electrons. The van der Waals surface area contributed by atoms with E-state index in [0.717, 1.165) is 18.5 Å². The van der Waals surface area contributed by atoms with Crippen LogP contribution in [-0.4, -0.2) is 55.0 Å². The zero-order valence-corrected chi connectivity index (χ0v) is 16.4. The second-order valence-corrected chi connectivity index (χ2v) is 7.80. The SMILES string of the molecule is CC1=C[C@H]2C[C@H](Oc3ccc(-c4ccc(-n5ccnc5)cc4O)nn3)C[C@@H]1N2C. The first-order valence-electron chi connectivity index (χ1n) is 9.81. The highest BCUT2D eigenvalue weighted by atomic mass is 16.5. The summed E-state index contributed by atoms with van der Waals surface area (Å²) in [5, 5.41) is 19.0. The van der Waals surface area contributed by atoms with Gasteiger partial charge < -0.3 is 14.4 Å². The Balaban J connectivity index is 1.30. The first-order chi connectivity index (χ1) is 14.1. The van der Waals surface area contributed by atoms with Crippen LogP contribution in [0.2, 0.25) is 0 Å². The average molecular weight is 389 g/mol. The molecule has 1 fully saturated rings. The first kappa shape index (κ1) is 17.9. The Bertz CT molecular complexity index is 1050. The van der Waals surface area contributed by atoms with Gasteiger partial charge in [-0.15, -0.1) is 10.2 Å². The molecule has 3 atom stereocenters. The number of phenolic OH excluding ortho intramolecular Hbond substituents is 1. The van der Waals surface area contributed by atoms with E-state index in [1.165, 1.54) is 5.57 Å². The fourth-order valence-electron chi connectivity index (χ4n) is 4.39. The Morgan fingerprint density at radius 1 is 1.14 bits per heavy atom. The topological polar surface area (TPSA) is 76.3 Å². The van der Waals surface area contributed by atoms with Crippen molar-refractivity contribution in [2.24, 2.45) is 0 Å². The highest BCUT2D eigenvalue weighted by Crippen LogP contribution is 2.35. The number of fused-ring (bicyclic) bond motifs is 2. The molecule has 0 amide bonds. The largest absolute Gasteiger partial charge is 0.507 e. The summed E-state index contributed by atoms with van der Waals surface area (Å²) in [4.78, 5) is 6.44. The number of hydrogen-bond donors (Lipinski definition) is 1. The van der Waals surface area contributed by atoms with E-state index in [0.29, 0.717) is 29.2 Å². The van der Waals surface area contributed by atoms with Crippen molar-refractivity contribution in [3.8, 4) is 28.6 Å². The van der Waals surface area contributed by atoms with E-state index in [2.05, 4.69) is 40.1 Å². The van der Waals surface area contributed by atoms with Gasteiger partial charge in [0.1, 0.15) is 11.9 Å². The van der Waals surface area contributed by atoms with E-state index >= 15 is 0 Å². The summed E-state index contributed by atoms with van der Waals surface area (Å²) in [5.41, 5.74) is 3.50. The van der Waals surface area contributed by atoms with E-state index in [1.54, 1.807) is 18.6 Å². The number of ether oxygens (including phenoxy) is 1. The fraction of sp³-hybridized carbons (Fsp3) is 0.318. The molecule has 2 aliphatic rings. The Morgan fingerprint density at radius 2 is 2.03 bits per heavy atom.